The number of hydrogen-bond acceptors (Lipinski definition) is 5. The topological polar surface area (TPSA) is 57.7 Å². The van der Waals surface area contributed by atoms with E-state index in [0.717, 1.165) is 57.5 Å². The molecule has 0 aliphatic carbocycles. The Labute approximate surface area is 169 Å². The fraction of sp³-hybridized carbons (Fsp3) is 0.727. The van der Waals surface area contributed by atoms with Crippen molar-refractivity contribution in [2.75, 3.05) is 31.1 Å². The lowest BCUT2D eigenvalue weighted by Gasteiger charge is -2.38. The summed E-state index contributed by atoms with van der Waals surface area (Å²) in [5, 5.41) is 2.88. The summed E-state index contributed by atoms with van der Waals surface area (Å²) in [6.45, 7) is 12.7. The highest BCUT2D eigenvalue weighted by Crippen LogP contribution is 2.24. The van der Waals surface area contributed by atoms with Crippen LogP contribution >= 0.6 is 0 Å². The molecule has 2 aliphatic heterocycles. The Morgan fingerprint density at radius 1 is 1.04 bits per heavy atom. The molecule has 2 saturated heterocycles. The first-order chi connectivity index (χ1) is 13.4. The third kappa shape index (κ3) is 5.67. The van der Waals surface area contributed by atoms with E-state index in [4.69, 9.17) is 4.74 Å². The fourth-order valence-electron chi connectivity index (χ4n) is 4.09. The van der Waals surface area contributed by atoms with E-state index in [2.05, 4.69) is 33.9 Å². The molecule has 1 aromatic rings. The maximum atomic E-state index is 12.0. The normalized spacial score (nSPS) is 20.1. The number of nitrogens with one attached hydrogen (secondary N) is 1. The van der Waals surface area contributed by atoms with Crippen molar-refractivity contribution < 1.29 is 9.53 Å². The molecule has 0 aromatic carbocycles. The van der Waals surface area contributed by atoms with Gasteiger partial charge in [0.15, 0.2) is 0 Å². The number of ether oxygens (including phenoxy) is 1. The maximum absolute atomic E-state index is 12.0. The molecule has 1 aromatic heterocycles. The largest absolute Gasteiger partial charge is 0.375 e. The molecule has 0 spiro atoms. The standard InChI is InChI=1S/C22H36N4O2/c1-16(2)24-22(27)21-6-5-18(15-23-21)26-13-9-20(10-14-26)28-19-7-11-25(12-8-19)17(3)4/h5-6,15-17,19-20H,7-14H2,1-4H3,(H,24,27). The molecule has 28 heavy (non-hydrogen) atoms. The van der Waals surface area contributed by atoms with Gasteiger partial charge in [-0.1, -0.05) is 0 Å². The monoisotopic (exact) mass is 388 g/mol. The lowest BCUT2D eigenvalue weighted by atomic mass is 10.0. The predicted molar refractivity (Wildman–Crippen MR) is 113 cm³/mol. The average Bonchev–Trinajstić information content (AvgIpc) is 2.68. The van der Waals surface area contributed by atoms with E-state index in [1.807, 2.05) is 32.2 Å². The van der Waals surface area contributed by atoms with Gasteiger partial charge in [-0.3, -0.25) is 4.79 Å². The summed E-state index contributed by atoms with van der Waals surface area (Å²) in [7, 11) is 0. The number of amides is 1. The van der Waals surface area contributed by atoms with Gasteiger partial charge >= 0.3 is 0 Å². The molecule has 0 saturated carbocycles. The van der Waals surface area contributed by atoms with Crippen molar-refractivity contribution in [1.29, 1.82) is 0 Å². The fourth-order valence-corrected chi connectivity index (χ4v) is 4.09. The van der Waals surface area contributed by atoms with Crippen LogP contribution in [0.1, 0.15) is 63.9 Å². The molecule has 2 fully saturated rings. The van der Waals surface area contributed by atoms with Crippen molar-refractivity contribution in [2.45, 2.75) is 77.7 Å². The Morgan fingerprint density at radius 2 is 1.64 bits per heavy atom. The van der Waals surface area contributed by atoms with Crippen LogP contribution in [0.3, 0.4) is 0 Å². The van der Waals surface area contributed by atoms with E-state index < -0.39 is 0 Å². The van der Waals surface area contributed by atoms with Gasteiger partial charge in [0.05, 0.1) is 24.1 Å². The summed E-state index contributed by atoms with van der Waals surface area (Å²) < 4.78 is 6.41. The minimum Gasteiger partial charge on any atom is -0.375 e. The molecular formula is C22H36N4O2. The van der Waals surface area contributed by atoms with Crippen LogP contribution in [0.15, 0.2) is 18.3 Å². The second kappa shape index (κ2) is 9.70. The minimum absolute atomic E-state index is 0.114. The van der Waals surface area contributed by atoms with Crippen LogP contribution < -0.4 is 10.2 Å². The molecule has 0 atom stereocenters. The molecular weight excluding hydrogens is 352 g/mol. The lowest BCUT2D eigenvalue weighted by Crippen LogP contribution is -2.43. The number of carbonyl (C=O) groups is 1. The van der Waals surface area contributed by atoms with Crippen LogP contribution in [0, 0.1) is 0 Å². The Balaban J connectivity index is 1.43. The Bertz CT molecular complexity index is 616. The van der Waals surface area contributed by atoms with E-state index in [9.17, 15) is 4.79 Å². The Hall–Kier alpha value is -1.66. The van der Waals surface area contributed by atoms with Crippen LogP contribution in [-0.2, 0) is 4.74 Å². The summed E-state index contributed by atoms with van der Waals surface area (Å²) in [5.74, 6) is -0.114. The zero-order valence-corrected chi connectivity index (χ0v) is 17.9. The lowest BCUT2D eigenvalue weighted by molar-refractivity contribution is -0.0540. The first-order valence-electron chi connectivity index (χ1n) is 10.8. The average molecular weight is 389 g/mol. The third-order valence-electron chi connectivity index (χ3n) is 5.80. The second-order valence-electron chi connectivity index (χ2n) is 8.68. The number of carbonyl (C=O) groups excluding carboxylic acids is 1. The van der Waals surface area contributed by atoms with E-state index in [0.29, 0.717) is 23.9 Å². The summed E-state index contributed by atoms with van der Waals surface area (Å²) in [6, 6.07) is 4.58. The number of anilines is 1. The number of pyridine rings is 1. The minimum atomic E-state index is -0.114. The SMILES string of the molecule is CC(C)NC(=O)c1ccc(N2CCC(OC3CCN(C(C)C)CC3)CC2)cn1. The molecule has 1 N–H and O–H groups in total. The molecule has 3 heterocycles. The zero-order chi connectivity index (χ0) is 20.1. The van der Waals surface area contributed by atoms with Crippen molar-refractivity contribution in [3.63, 3.8) is 0 Å². The number of likely N-dealkylation sites (tertiary alicyclic amines) is 1. The van der Waals surface area contributed by atoms with Gasteiger partial charge in [-0.05, 0) is 65.5 Å². The van der Waals surface area contributed by atoms with E-state index in [1.165, 1.54) is 0 Å². The van der Waals surface area contributed by atoms with E-state index in [1.54, 1.807) is 0 Å². The highest BCUT2D eigenvalue weighted by Gasteiger charge is 2.26. The molecule has 3 rings (SSSR count). The summed E-state index contributed by atoms with van der Waals surface area (Å²) in [5.41, 5.74) is 1.56. The van der Waals surface area contributed by atoms with Crippen LogP contribution in [0.25, 0.3) is 0 Å². The number of piperidine rings is 2. The molecule has 0 radical (unpaired) electrons. The van der Waals surface area contributed by atoms with E-state index in [-0.39, 0.29) is 11.9 Å². The second-order valence-corrected chi connectivity index (χ2v) is 8.68. The van der Waals surface area contributed by atoms with Gasteiger partial charge in [-0.25, -0.2) is 4.98 Å². The zero-order valence-electron chi connectivity index (χ0n) is 17.9. The first-order valence-corrected chi connectivity index (χ1v) is 10.8. The first kappa shape index (κ1) is 21.1. The van der Waals surface area contributed by atoms with Crippen molar-refractivity contribution in [1.82, 2.24) is 15.2 Å². The highest BCUT2D eigenvalue weighted by atomic mass is 16.5. The molecule has 6 nitrogen and oxygen atoms in total. The third-order valence-corrected chi connectivity index (χ3v) is 5.80. The van der Waals surface area contributed by atoms with Crippen LogP contribution in [0.5, 0.6) is 0 Å². The Morgan fingerprint density at radius 3 is 2.14 bits per heavy atom. The van der Waals surface area contributed by atoms with Gasteiger partial charge in [-0.15, -0.1) is 0 Å². The molecule has 156 valence electrons. The van der Waals surface area contributed by atoms with Crippen LogP contribution in [0.4, 0.5) is 5.69 Å². The number of nitrogens with zero attached hydrogens (tertiary/aromatic N) is 3. The molecule has 6 heteroatoms. The molecule has 0 unspecified atom stereocenters. The summed E-state index contributed by atoms with van der Waals surface area (Å²) in [4.78, 5) is 21.3. The number of rotatable bonds is 6. The maximum Gasteiger partial charge on any atom is 0.270 e. The van der Waals surface area contributed by atoms with Gasteiger partial charge in [0.2, 0.25) is 0 Å². The number of hydrogen-bond donors (Lipinski definition) is 1. The Kier molecular flexibility index (Phi) is 7.30. The van der Waals surface area contributed by atoms with Crippen molar-refractivity contribution in [2.24, 2.45) is 0 Å². The van der Waals surface area contributed by atoms with Gasteiger partial charge in [0, 0.05) is 38.3 Å². The van der Waals surface area contributed by atoms with Crippen molar-refractivity contribution >= 4 is 11.6 Å². The summed E-state index contributed by atoms with van der Waals surface area (Å²) in [6.07, 6.45) is 7.03. The highest BCUT2D eigenvalue weighted by molar-refractivity contribution is 5.92. The van der Waals surface area contributed by atoms with Gasteiger partial charge < -0.3 is 19.9 Å². The summed E-state index contributed by atoms with van der Waals surface area (Å²) >= 11 is 0. The quantitative estimate of drug-likeness (QED) is 0.812. The van der Waals surface area contributed by atoms with Gasteiger partial charge in [0.1, 0.15) is 5.69 Å². The van der Waals surface area contributed by atoms with Crippen LogP contribution in [0.2, 0.25) is 0 Å². The smallest absolute Gasteiger partial charge is 0.270 e. The predicted octanol–water partition coefficient (Wildman–Crippen LogP) is 3.08. The molecule has 0 bridgehead atoms. The molecule has 2 aliphatic rings. The van der Waals surface area contributed by atoms with E-state index >= 15 is 0 Å². The van der Waals surface area contributed by atoms with Crippen molar-refractivity contribution in [3.05, 3.63) is 24.0 Å². The van der Waals surface area contributed by atoms with Crippen LogP contribution in [-0.4, -0.2) is 66.3 Å². The van der Waals surface area contributed by atoms with Crippen molar-refractivity contribution in [3.8, 4) is 0 Å². The van der Waals surface area contributed by atoms with Gasteiger partial charge in [-0.2, -0.15) is 0 Å². The number of aromatic nitrogens is 1. The molecule has 1 amide bonds. The van der Waals surface area contributed by atoms with Gasteiger partial charge in [0.25, 0.3) is 5.91 Å².